The zero-order valence-corrected chi connectivity index (χ0v) is 20.5. The lowest BCUT2D eigenvalue weighted by atomic mass is 9.72. The van der Waals surface area contributed by atoms with Gasteiger partial charge >= 0.3 is 5.97 Å². The summed E-state index contributed by atoms with van der Waals surface area (Å²) in [6.45, 7) is 10.3. The van der Waals surface area contributed by atoms with Gasteiger partial charge in [-0.25, -0.2) is 4.79 Å². The van der Waals surface area contributed by atoms with Gasteiger partial charge in [0.1, 0.15) is 10.8 Å². The number of aryl methyl sites for hydroxylation is 1. The lowest BCUT2D eigenvalue weighted by molar-refractivity contribution is -0.122. The molecule has 0 fully saturated rings. The van der Waals surface area contributed by atoms with Gasteiger partial charge < -0.3 is 14.8 Å². The molecule has 1 amide bonds. The van der Waals surface area contributed by atoms with Crippen LogP contribution in [0.25, 0.3) is 0 Å². The highest BCUT2D eigenvalue weighted by atomic mass is 35.5. The first-order valence-corrected chi connectivity index (χ1v) is 11.7. The van der Waals surface area contributed by atoms with Gasteiger partial charge in [-0.3, -0.25) is 4.79 Å². The van der Waals surface area contributed by atoms with E-state index in [4.69, 9.17) is 21.1 Å². The van der Waals surface area contributed by atoms with Crippen molar-refractivity contribution in [2.75, 3.05) is 12.4 Å². The predicted molar refractivity (Wildman–Crippen MR) is 126 cm³/mol. The molecule has 5 nitrogen and oxygen atoms in total. The topological polar surface area (TPSA) is 64.6 Å². The maximum Gasteiger partial charge on any atom is 0.341 e. The Morgan fingerprint density at radius 1 is 1.29 bits per heavy atom. The summed E-state index contributed by atoms with van der Waals surface area (Å²) in [5.41, 5.74) is 2.53. The van der Waals surface area contributed by atoms with Crippen LogP contribution in [0.3, 0.4) is 0 Å². The van der Waals surface area contributed by atoms with Gasteiger partial charge in [0.05, 0.1) is 12.7 Å². The number of ether oxygens (including phenoxy) is 2. The molecule has 2 atom stereocenters. The molecule has 168 valence electrons. The fourth-order valence-corrected chi connectivity index (χ4v) is 5.48. The second kappa shape index (κ2) is 9.21. The number of hydrogen-bond donors (Lipinski definition) is 1. The van der Waals surface area contributed by atoms with E-state index in [9.17, 15) is 9.59 Å². The summed E-state index contributed by atoms with van der Waals surface area (Å²) in [4.78, 5) is 26.6. The average molecular weight is 464 g/mol. The molecule has 1 aromatic carbocycles. The largest absolute Gasteiger partial charge is 0.481 e. The number of halogens is 1. The zero-order valence-electron chi connectivity index (χ0n) is 18.9. The van der Waals surface area contributed by atoms with E-state index in [0.717, 1.165) is 35.3 Å². The fraction of sp³-hybridized carbons (Fsp3) is 0.500. The first-order valence-electron chi connectivity index (χ1n) is 10.5. The lowest BCUT2D eigenvalue weighted by Crippen LogP contribution is -2.30. The standard InChI is InChI=1S/C24H30ClNO4S/c1-13-11-16(25)8-10-18(13)30-14(2)21(27)26-22-20(23(28)29-6)17-9-7-15(24(3,4)5)12-19(17)31-22/h8,10-11,14-15H,7,9,12H2,1-6H3,(H,26,27)/t14-,15-/m0/s1. The number of thiophene rings is 1. The third-order valence-electron chi connectivity index (χ3n) is 5.93. The van der Waals surface area contributed by atoms with Crippen LogP contribution < -0.4 is 10.1 Å². The minimum Gasteiger partial charge on any atom is -0.481 e. The Balaban J connectivity index is 1.82. The summed E-state index contributed by atoms with van der Waals surface area (Å²) >= 11 is 7.47. The van der Waals surface area contributed by atoms with Crippen molar-refractivity contribution in [3.63, 3.8) is 0 Å². The molecule has 2 aromatic rings. The average Bonchev–Trinajstić information content (AvgIpc) is 3.05. The maximum absolute atomic E-state index is 12.9. The molecule has 1 aliphatic carbocycles. The lowest BCUT2D eigenvalue weighted by Gasteiger charge is -2.33. The van der Waals surface area contributed by atoms with Crippen molar-refractivity contribution in [2.24, 2.45) is 11.3 Å². The number of methoxy groups -OCH3 is 1. The summed E-state index contributed by atoms with van der Waals surface area (Å²) in [5, 5.41) is 4.07. The Hall–Kier alpha value is -2.05. The number of nitrogens with one attached hydrogen (secondary N) is 1. The number of benzene rings is 1. The molecule has 3 rings (SSSR count). The summed E-state index contributed by atoms with van der Waals surface area (Å²) in [5.74, 6) is 0.399. The molecule has 1 aliphatic rings. The van der Waals surface area contributed by atoms with Gasteiger partial charge in [-0.05, 0) is 73.8 Å². The van der Waals surface area contributed by atoms with E-state index in [1.807, 2.05) is 6.92 Å². The van der Waals surface area contributed by atoms with E-state index in [2.05, 4.69) is 26.1 Å². The molecule has 0 unspecified atom stereocenters. The number of rotatable bonds is 5. The number of esters is 1. The van der Waals surface area contributed by atoms with Gasteiger partial charge in [0.25, 0.3) is 5.91 Å². The molecular formula is C24H30ClNO4S. The van der Waals surface area contributed by atoms with Crippen LogP contribution in [-0.4, -0.2) is 25.1 Å². The van der Waals surface area contributed by atoms with Crippen LogP contribution >= 0.6 is 22.9 Å². The number of fused-ring (bicyclic) bond motifs is 1. The summed E-state index contributed by atoms with van der Waals surface area (Å²) in [7, 11) is 1.37. The Morgan fingerprint density at radius 3 is 2.61 bits per heavy atom. The van der Waals surface area contributed by atoms with E-state index in [0.29, 0.717) is 27.3 Å². The van der Waals surface area contributed by atoms with Crippen molar-refractivity contribution >= 4 is 39.8 Å². The van der Waals surface area contributed by atoms with Crippen LogP contribution in [0.4, 0.5) is 5.00 Å². The fourth-order valence-electron chi connectivity index (χ4n) is 3.93. The molecular weight excluding hydrogens is 434 g/mol. The molecule has 0 radical (unpaired) electrons. The van der Waals surface area contributed by atoms with Crippen LogP contribution in [0.1, 0.15) is 60.5 Å². The van der Waals surface area contributed by atoms with Gasteiger partial charge in [-0.15, -0.1) is 11.3 Å². The summed E-state index contributed by atoms with van der Waals surface area (Å²) < 4.78 is 10.9. The van der Waals surface area contributed by atoms with Crippen LogP contribution in [0.15, 0.2) is 18.2 Å². The Kier molecular flexibility index (Phi) is 7.01. The Morgan fingerprint density at radius 2 is 2.00 bits per heavy atom. The minimum atomic E-state index is -0.744. The molecule has 0 saturated heterocycles. The Bertz CT molecular complexity index is 992. The summed E-state index contributed by atoms with van der Waals surface area (Å²) in [6.07, 6.45) is 1.98. The molecule has 31 heavy (non-hydrogen) atoms. The molecule has 7 heteroatoms. The maximum atomic E-state index is 12.9. The molecule has 0 spiro atoms. The van der Waals surface area contributed by atoms with E-state index in [1.54, 1.807) is 25.1 Å². The highest BCUT2D eigenvalue weighted by Gasteiger charge is 2.34. The number of amides is 1. The van der Waals surface area contributed by atoms with E-state index in [1.165, 1.54) is 18.4 Å². The monoisotopic (exact) mass is 463 g/mol. The SMILES string of the molecule is COC(=O)c1c(NC(=O)[C@H](C)Oc2ccc(Cl)cc2C)sc2c1CC[C@H](C(C)(C)C)C2. The van der Waals surface area contributed by atoms with Crippen molar-refractivity contribution in [1.82, 2.24) is 0 Å². The van der Waals surface area contributed by atoms with Crippen molar-refractivity contribution < 1.29 is 19.1 Å². The van der Waals surface area contributed by atoms with E-state index < -0.39 is 12.1 Å². The number of carbonyl (C=O) groups is 2. The van der Waals surface area contributed by atoms with Crippen LogP contribution in [-0.2, 0) is 22.4 Å². The molecule has 0 bridgehead atoms. The quantitative estimate of drug-likeness (QED) is 0.548. The van der Waals surface area contributed by atoms with E-state index in [-0.39, 0.29) is 11.3 Å². The van der Waals surface area contributed by atoms with Crippen molar-refractivity contribution in [3.05, 3.63) is 44.8 Å². The zero-order chi connectivity index (χ0) is 22.9. The highest BCUT2D eigenvalue weighted by Crippen LogP contribution is 2.44. The smallest absolute Gasteiger partial charge is 0.341 e. The van der Waals surface area contributed by atoms with Crippen LogP contribution in [0.5, 0.6) is 5.75 Å². The normalized spacial score (nSPS) is 16.9. The Labute approximate surface area is 193 Å². The van der Waals surface area contributed by atoms with Crippen LogP contribution in [0, 0.1) is 18.3 Å². The van der Waals surface area contributed by atoms with Gasteiger partial charge in [0.15, 0.2) is 6.10 Å². The third-order valence-corrected chi connectivity index (χ3v) is 7.33. The molecule has 1 aromatic heterocycles. The van der Waals surface area contributed by atoms with Crippen molar-refractivity contribution in [2.45, 2.75) is 60.0 Å². The number of carbonyl (C=O) groups excluding carboxylic acids is 2. The highest BCUT2D eigenvalue weighted by molar-refractivity contribution is 7.17. The minimum absolute atomic E-state index is 0.190. The van der Waals surface area contributed by atoms with Gasteiger partial charge in [-0.2, -0.15) is 0 Å². The van der Waals surface area contributed by atoms with Crippen molar-refractivity contribution in [3.8, 4) is 5.75 Å². The first kappa shape index (κ1) is 23.6. The van der Waals surface area contributed by atoms with Crippen LogP contribution in [0.2, 0.25) is 5.02 Å². The first-order chi connectivity index (χ1) is 14.5. The molecule has 1 N–H and O–H groups in total. The van der Waals surface area contributed by atoms with Gasteiger partial charge in [0, 0.05) is 9.90 Å². The van der Waals surface area contributed by atoms with E-state index >= 15 is 0 Å². The number of hydrogen-bond acceptors (Lipinski definition) is 5. The van der Waals surface area contributed by atoms with Crippen molar-refractivity contribution in [1.29, 1.82) is 0 Å². The summed E-state index contributed by atoms with van der Waals surface area (Å²) in [6, 6.07) is 5.26. The molecule has 0 saturated carbocycles. The number of anilines is 1. The second-order valence-electron chi connectivity index (χ2n) is 9.16. The van der Waals surface area contributed by atoms with Gasteiger partial charge in [0.2, 0.25) is 0 Å². The predicted octanol–water partition coefficient (Wildman–Crippen LogP) is 6.05. The second-order valence-corrected chi connectivity index (χ2v) is 10.7. The van der Waals surface area contributed by atoms with Gasteiger partial charge in [-0.1, -0.05) is 32.4 Å². The molecule has 0 aliphatic heterocycles. The third kappa shape index (κ3) is 5.24. The molecule has 1 heterocycles.